The van der Waals surface area contributed by atoms with Crippen LogP contribution in [0.25, 0.3) is 0 Å². The van der Waals surface area contributed by atoms with Gasteiger partial charge in [0.05, 0.1) is 5.25 Å². The summed E-state index contributed by atoms with van der Waals surface area (Å²) in [6.45, 7) is 5.70. The molecule has 2 N–H and O–H groups in total. The molecule has 1 aromatic carbocycles. The summed E-state index contributed by atoms with van der Waals surface area (Å²) in [4.78, 5) is 30.0. The highest BCUT2D eigenvalue weighted by Crippen LogP contribution is 2.21. The van der Waals surface area contributed by atoms with E-state index in [1.54, 1.807) is 6.92 Å². The Labute approximate surface area is 127 Å². The Hall–Kier alpha value is -2.08. The summed E-state index contributed by atoms with van der Waals surface area (Å²) < 4.78 is 0. The van der Waals surface area contributed by atoms with Gasteiger partial charge in [0, 0.05) is 18.0 Å². The molecule has 2 rings (SSSR count). The summed E-state index contributed by atoms with van der Waals surface area (Å²) in [5.74, 6) is -0.125. The first-order chi connectivity index (χ1) is 9.95. The maximum Gasteiger partial charge on any atom is 0.251 e. The first-order valence-corrected chi connectivity index (χ1v) is 7.44. The van der Waals surface area contributed by atoms with Crippen molar-refractivity contribution < 1.29 is 4.79 Å². The Balaban J connectivity index is 2.06. The zero-order valence-electron chi connectivity index (χ0n) is 12.1. The number of benzene rings is 1. The fraction of sp³-hybridized carbons (Fsp3) is 0.267. The standard InChI is InChI=1S/C15H17N3O2S/c1-9-4-5-10(2)12(8-9)17-14(20)11(3)21-15-16-7-6-13(19)18-15/h4-8,11H,1-3H3,(H,17,20)(H,16,18,19). The Morgan fingerprint density at radius 1 is 1.33 bits per heavy atom. The van der Waals surface area contributed by atoms with Gasteiger partial charge < -0.3 is 10.3 Å². The molecule has 6 heteroatoms. The van der Waals surface area contributed by atoms with Gasteiger partial charge in [-0.25, -0.2) is 4.98 Å². The van der Waals surface area contributed by atoms with Gasteiger partial charge in [0.15, 0.2) is 5.16 Å². The third-order valence-electron chi connectivity index (χ3n) is 2.96. The Morgan fingerprint density at radius 3 is 2.81 bits per heavy atom. The van der Waals surface area contributed by atoms with Crippen LogP contribution in [0.2, 0.25) is 0 Å². The summed E-state index contributed by atoms with van der Waals surface area (Å²) in [6.07, 6.45) is 1.43. The number of carbonyl (C=O) groups excluding carboxylic acids is 1. The second-order valence-electron chi connectivity index (χ2n) is 4.81. The molecule has 0 radical (unpaired) electrons. The van der Waals surface area contributed by atoms with Crippen LogP contribution in [0.5, 0.6) is 0 Å². The highest BCUT2D eigenvalue weighted by molar-refractivity contribution is 8.00. The lowest BCUT2D eigenvalue weighted by Gasteiger charge is -2.13. The number of aromatic nitrogens is 2. The number of amides is 1. The molecule has 2 aromatic rings. The van der Waals surface area contributed by atoms with E-state index >= 15 is 0 Å². The number of aromatic amines is 1. The molecule has 5 nitrogen and oxygen atoms in total. The van der Waals surface area contributed by atoms with E-state index < -0.39 is 0 Å². The van der Waals surface area contributed by atoms with Gasteiger partial charge in [-0.1, -0.05) is 23.9 Å². The Kier molecular flexibility index (Phi) is 4.80. The van der Waals surface area contributed by atoms with Gasteiger partial charge in [-0.05, 0) is 38.0 Å². The number of anilines is 1. The third kappa shape index (κ3) is 4.19. The number of H-pyrrole nitrogens is 1. The van der Waals surface area contributed by atoms with Gasteiger partial charge in [-0.3, -0.25) is 9.59 Å². The topological polar surface area (TPSA) is 74.8 Å². The second kappa shape index (κ2) is 6.58. The molecular weight excluding hydrogens is 286 g/mol. The van der Waals surface area contributed by atoms with Crippen LogP contribution in [0.3, 0.4) is 0 Å². The highest BCUT2D eigenvalue weighted by atomic mass is 32.2. The summed E-state index contributed by atoms with van der Waals surface area (Å²) >= 11 is 1.22. The number of hydrogen-bond acceptors (Lipinski definition) is 4. The minimum absolute atomic E-state index is 0.125. The fourth-order valence-electron chi connectivity index (χ4n) is 1.74. The van der Waals surface area contributed by atoms with Crippen molar-refractivity contribution in [2.45, 2.75) is 31.2 Å². The van der Waals surface area contributed by atoms with Crippen LogP contribution in [0.15, 0.2) is 40.4 Å². The summed E-state index contributed by atoms with van der Waals surface area (Å²) in [7, 11) is 0. The normalized spacial score (nSPS) is 12.0. The second-order valence-corrected chi connectivity index (χ2v) is 6.14. The fourth-order valence-corrected chi connectivity index (χ4v) is 2.52. The van der Waals surface area contributed by atoms with Gasteiger partial charge in [0.25, 0.3) is 5.56 Å². The molecule has 110 valence electrons. The molecule has 0 aliphatic carbocycles. The van der Waals surface area contributed by atoms with Crippen LogP contribution < -0.4 is 10.9 Å². The van der Waals surface area contributed by atoms with E-state index in [1.807, 2.05) is 32.0 Å². The number of hydrogen-bond donors (Lipinski definition) is 2. The monoisotopic (exact) mass is 303 g/mol. The van der Waals surface area contributed by atoms with Gasteiger partial charge >= 0.3 is 0 Å². The molecule has 1 aromatic heterocycles. The van der Waals surface area contributed by atoms with Crippen molar-refractivity contribution in [3.05, 3.63) is 51.9 Å². The number of thioether (sulfide) groups is 1. The van der Waals surface area contributed by atoms with Crippen LogP contribution in [-0.4, -0.2) is 21.1 Å². The molecule has 0 bridgehead atoms. The lowest BCUT2D eigenvalue weighted by Crippen LogP contribution is -2.23. The molecule has 1 unspecified atom stereocenters. The van der Waals surface area contributed by atoms with Crippen LogP contribution in [0.1, 0.15) is 18.1 Å². The first kappa shape index (κ1) is 15.3. The number of carbonyl (C=O) groups is 1. The lowest BCUT2D eigenvalue weighted by molar-refractivity contribution is -0.115. The van der Waals surface area contributed by atoms with Crippen molar-refractivity contribution in [2.75, 3.05) is 5.32 Å². The van der Waals surface area contributed by atoms with E-state index in [4.69, 9.17) is 0 Å². The highest BCUT2D eigenvalue weighted by Gasteiger charge is 2.16. The van der Waals surface area contributed by atoms with Crippen molar-refractivity contribution in [1.29, 1.82) is 0 Å². The van der Waals surface area contributed by atoms with Crippen molar-refractivity contribution in [3.8, 4) is 0 Å². The summed E-state index contributed by atoms with van der Waals surface area (Å²) in [5, 5.41) is 2.98. The SMILES string of the molecule is Cc1ccc(C)c(NC(=O)C(C)Sc2nccc(=O)[nH]2)c1. The van der Waals surface area contributed by atoms with Crippen LogP contribution in [0, 0.1) is 13.8 Å². The summed E-state index contributed by atoms with van der Waals surface area (Å²) in [5.41, 5.74) is 2.68. The Morgan fingerprint density at radius 2 is 2.10 bits per heavy atom. The molecule has 1 heterocycles. The molecule has 0 saturated carbocycles. The Bertz CT molecular complexity index is 712. The lowest BCUT2D eigenvalue weighted by atomic mass is 10.1. The number of nitrogens with one attached hydrogen (secondary N) is 2. The molecule has 1 amide bonds. The van der Waals surface area contributed by atoms with Crippen LogP contribution in [0.4, 0.5) is 5.69 Å². The predicted octanol–water partition coefficient (Wildman–Crippen LogP) is 2.51. The van der Waals surface area contributed by atoms with Gasteiger partial charge in [-0.2, -0.15) is 0 Å². The van der Waals surface area contributed by atoms with Crippen molar-refractivity contribution in [1.82, 2.24) is 9.97 Å². The van der Waals surface area contributed by atoms with E-state index in [-0.39, 0.29) is 16.7 Å². The van der Waals surface area contributed by atoms with Crippen molar-refractivity contribution in [2.24, 2.45) is 0 Å². The average molecular weight is 303 g/mol. The van der Waals surface area contributed by atoms with E-state index in [0.717, 1.165) is 16.8 Å². The average Bonchev–Trinajstić information content (AvgIpc) is 2.43. The minimum Gasteiger partial charge on any atom is -0.325 e. The number of nitrogens with zero attached hydrogens (tertiary/aromatic N) is 1. The largest absolute Gasteiger partial charge is 0.325 e. The van der Waals surface area contributed by atoms with Crippen LogP contribution in [-0.2, 0) is 4.79 Å². The molecule has 0 fully saturated rings. The smallest absolute Gasteiger partial charge is 0.251 e. The molecule has 0 saturated heterocycles. The van der Waals surface area contributed by atoms with Crippen molar-refractivity contribution in [3.63, 3.8) is 0 Å². The quantitative estimate of drug-likeness (QED) is 0.672. The molecular formula is C15H17N3O2S. The molecule has 0 aliphatic heterocycles. The van der Waals surface area contributed by atoms with Gasteiger partial charge in [0.1, 0.15) is 0 Å². The zero-order chi connectivity index (χ0) is 15.4. The third-order valence-corrected chi connectivity index (χ3v) is 3.95. The van der Waals surface area contributed by atoms with E-state index in [2.05, 4.69) is 15.3 Å². The van der Waals surface area contributed by atoms with Gasteiger partial charge in [0.2, 0.25) is 5.91 Å². The minimum atomic E-state index is -0.365. The van der Waals surface area contributed by atoms with Crippen LogP contribution >= 0.6 is 11.8 Å². The summed E-state index contributed by atoms with van der Waals surface area (Å²) in [6, 6.07) is 7.25. The molecule has 0 spiro atoms. The molecule has 1 atom stereocenters. The van der Waals surface area contributed by atoms with Gasteiger partial charge in [-0.15, -0.1) is 0 Å². The maximum absolute atomic E-state index is 12.2. The molecule has 21 heavy (non-hydrogen) atoms. The van der Waals surface area contributed by atoms with Crippen molar-refractivity contribution >= 4 is 23.4 Å². The zero-order valence-corrected chi connectivity index (χ0v) is 13.0. The predicted molar refractivity (Wildman–Crippen MR) is 84.7 cm³/mol. The maximum atomic E-state index is 12.2. The number of aryl methyl sites for hydroxylation is 2. The van der Waals surface area contributed by atoms with E-state index in [0.29, 0.717) is 5.16 Å². The first-order valence-electron chi connectivity index (χ1n) is 6.56. The number of rotatable bonds is 4. The van der Waals surface area contributed by atoms with E-state index in [1.165, 1.54) is 24.0 Å². The molecule has 0 aliphatic rings. The van der Waals surface area contributed by atoms with E-state index in [9.17, 15) is 9.59 Å².